The molecule has 9 rings (SSSR count). The summed E-state index contributed by atoms with van der Waals surface area (Å²) in [5.41, 5.74) is 12.1. The van der Waals surface area contributed by atoms with Gasteiger partial charge in [-0.1, -0.05) is 152 Å². The van der Waals surface area contributed by atoms with E-state index in [2.05, 4.69) is 158 Å². The molecule has 8 aromatic rings. The number of aryl methyl sites for hydroxylation is 1. The molecule has 0 saturated heterocycles. The number of allylic oxidation sites excluding steroid dienone is 1. The van der Waals surface area contributed by atoms with E-state index in [1.807, 2.05) is 0 Å². The van der Waals surface area contributed by atoms with Crippen LogP contribution < -0.4 is 0 Å². The number of fused-ring (bicyclic) bond motifs is 5. The number of hydrogen-bond acceptors (Lipinski definition) is 1. The van der Waals surface area contributed by atoms with Crippen LogP contribution in [0.25, 0.3) is 83.1 Å². The van der Waals surface area contributed by atoms with Gasteiger partial charge >= 0.3 is 0 Å². The van der Waals surface area contributed by atoms with E-state index in [1.54, 1.807) is 0 Å². The fraction of sp³-hybridized carbons (Fsp3) is 0.0455. The smallest absolute Gasteiger partial charge is 0.135 e. The van der Waals surface area contributed by atoms with Gasteiger partial charge in [0.25, 0.3) is 0 Å². The molecule has 212 valence electrons. The van der Waals surface area contributed by atoms with Gasteiger partial charge in [0.2, 0.25) is 0 Å². The van der Waals surface area contributed by atoms with Crippen molar-refractivity contribution in [3.05, 3.63) is 163 Å². The Morgan fingerprint density at radius 3 is 1.53 bits per heavy atom. The minimum Gasteiger partial charge on any atom is -0.460 e. The van der Waals surface area contributed by atoms with Crippen LogP contribution in [0.5, 0.6) is 0 Å². The van der Waals surface area contributed by atoms with Crippen molar-refractivity contribution in [3.63, 3.8) is 0 Å². The highest BCUT2D eigenvalue weighted by atomic mass is 16.3. The van der Waals surface area contributed by atoms with Crippen LogP contribution in [0.4, 0.5) is 0 Å². The summed E-state index contributed by atoms with van der Waals surface area (Å²) >= 11 is 0. The Balaban J connectivity index is 1.21. The van der Waals surface area contributed by atoms with Crippen LogP contribution in [0.2, 0.25) is 0 Å². The first-order chi connectivity index (χ1) is 22.3. The van der Waals surface area contributed by atoms with E-state index in [9.17, 15) is 0 Å². The number of benzene rings is 7. The van der Waals surface area contributed by atoms with Gasteiger partial charge < -0.3 is 4.42 Å². The summed E-state index contributed by atoms with van der Waals surface area (Å²) in [5, 5.41) is 6.25. The summed E-state index contributed by atoms with van der Waals surface area (Å²) in [6.07, 6.45) is 6.51. The summed E-state index contributed by atoms with van der Waals surface area (Å²) in [7, 11) is 0. The van der Waals surface area contributed by atoms with Crippen LogP contribution >= 0.6 is 0 Å². The first-order valence-electron chi connectivity index (χ1n) is 15.7. The molecule has 7 aromatic carbocycles. The van der Waals surface area contributed by atoms with Crippen molar-refractivity contribution >= 4 is 38.6 Å². The Kier molecular flexibility index (Phi) is 6.02. The predicted octanol–water partition coefficient (Wildman–Crippen LogP) is 12.4. The molecular formula is C44H30O. The van der Waals surface area contributed by atoms with E-state index in [4.69, 9.17) is 4.42 Å². The number of furan rings is 1. The van der Waals surface area contributed by atoms with E-state index in [1.165, 1.54) is 77.0 Å². The average Bonchev–Trinajstić information content (AvgIpc) is 3.50. The molecule has 0 bridgehead atoms. The summed E-state index contributed by atoms with van der Waals surface area (Å²) in [6, 6.07) is 52.8. The third-order valence-corrected chi connectivity index (χ3v) is 9.35. The predicted molar refractivity (Wildman–Crippen MR) is 190 cm³/mol. The Bertz CT molecular complexity index is 2330. The van der Waals surface area contributed by atoms with Crippen molar-refractivity contribution in [1.29, 1.82) is 0 Å². The van der Waals surface area contributed by atoms with Crippen molar-refractivity contribution in [2.45, 2.75) is 12.8 Å². The van der Waals surface area contributed by atoms with Crippen molar-refractivity contribution in [1.82, 2.24) is 0 Å². The van der Waals surface area contributed by atoms with Crippen LogP contribution in [-0.2, 0) is 6.42 Å². The molecule has 0 saturated carbocycles. The number of rotatable bonds is 4. The molecule has 0 spiro atoms. The zero-order chi connectivity index (χ0) is 29.7. The molecule has 45 heavy (non-hydrogen) atoms. The van der Waals surface area contributed by atoms with Crippen LogP contribution in [0.15, 0.2) is 156 Å². The highest BCUT2D eigenvalue weighted by Crippen LogP contribution is 2.47. The lowest BCUT2D eigenvalue weighted by molar-refractivity contribution is 0.546. The Morgan fingerprint density at radius 1 is 0.422 bits per heavy atom. The Hall–Kier alpha value is -5.66. The second-order valence-corrected chi connectivity index (χ2v) is 11.9. The molecule has 0 amide bonds. The van der Waals surface area contributed by atoms with Gasteiger partial charge in [-0.25, -0.2) is 0 Å². The highest BCUT2D eigenvalue weighted by Gasteiger charge is 2.22. The summed E-state index contributed by atoms with van der Waals surface area (Å²) in [4.78, 5) is 0. The first kappa shape index (κ1) is 25.8. The SMILES string of the molecule is C1=Cc2c(oc3cccc(-c4c5ccccc5c(-c5ccc(-c6ccc(-c7ccccc7)cc6)cc5)c5ccccc45)c23)CC1. The molecule has 1 aliphatic rings. The maximum absolute atomic E-state index is 6.40. The minimum atomic E-state index is 0.952. The highest BCUT2D eigenvalue weighted by molar-refractivity contribution is 6.23. The topological polar surface area (TPSA) is 13.1 Å². The molecule has 0 atom stereocenters. The molecule has 0 fully saturated rings. The van der Waals surface area contributed by atoms with Gasteiger partial charge in [-0.15, -0.1) is 0 Å². The molecule has 0 aliphatic heterocycles. The van der Waals surface area contributed by atoms with E-state index in [-0.39, 0.29) is 0 Å². The van der Waals surface area contributed by atoms with Gasteiger partial charge in [0.05, 0.1) is 0 Å². The molecule has 1 heteroatoms. The average molecular weight is 575 g/mol. The molecule has 1 heterocycles. The molecule has 0 unspecified atom stereocenters. The molecular weight excluding hydrogens is 544 g/mol. The quantitative estimate of drug-likeness (QED) is 0.191. The van der Waals surface area contributed by atoms with Gasteiger partial charge in [-0.3, -0.25) is 0 Å². The zero-order valence-electron chi connectivity index (χ0n) is 24.8. The van der Waals surface area contributed by atoms with Gasteiger partial charge in [0.1, 0.15) is 11.3 Å². The van der Waals surface area contributed by atoms with Crippen LogP contribution in [0, 0.1) is 0 Å². The maximum Gasteiger partial charge on any atom is 0.135 e. The fourth-order valence-electron chi connectivity index (χ4n) is 7.25. The lowest BCUT2D eigenvalue weighted by atomic mass is 9.84. The van der Waals surface area contributed by atoms with Crippen molar-refractivity contribution < 1.29 is 4.42 Å². The minimum absolute atomic E-state index is 0.952. The normalized spacial score (nSPS) is 12.6. The van der Waals surface area contributed by atoms with Gasteiger partial charge in [-0.2, -0.15) is 0 Å². The van der Waals surface area contributed by atoms with E-state index >= 15 is 0 Å². The van der Waals surface area contributed by atoms with Crippen molar-refractivity contribution in [2.75, 3.05) is 0 Å². The summed E-state index contributed by atoms with van der Waals surface area (Å²) < 4.78 is 6.40. The third kappa shape index (κ3) is 4.24. The van der Waals surface area contributed by atoms with E-state index in [0.717, 1.165) is 24.2 Å². The Morgan fingerprint density at radius 2 is 0.933 bits per heavy atom. The third-order valence-electron chi connectivity index (χ3n) is 9.35. The molecule has 1 aliphatic carbocycles. The zero-order valence-corrected chi connectivity index (χ0v) is 24.8. The Labute approximate surface area is 262 Å². The standard InChI is InChI=1S/C44H30O/c1-2-11-29(12-3-1)30-21-23-31(24-22-30)32-25-27-33(28-26-32)42-34-13-4-6-15-36(34)43(37-16-7-5-14-35(37)42)39-18-10-20-41-44(39)38-17-8-9-19-40(38)45-41/h1-8,10-18,20-28H,9,19H2. The maximum atomic E-state index is 6.40. The summed E-state index contributed by atoms with van der Waals surface area (Å²) in [6.45, 7) is 0. The lowest BCUT2D eigenvalue weighted by Crippen LogP contribution is -1.93. The molecule has 1 aromatic heterocycles. The largest absolute Gasteiger partial charge is 0.460 e. The molecule has 1 nitrogen and oxygen atoms in total. The second-order valence-electron chi connectivity index (χ2n) is 11.9. The fourth-order valence-corrected chi connectivity index (χ4v) is 7.25. The van der Waals surface area contributed by atoms with Crippen molar-refractivity contribution in [2.24, 2.45) is 0 Å². The lowest BCUT2D eigenvalue weighted by Gasteiger charge is -2.18. The van der Waals surface area contributed by atoms with Gasteiger partial charge in [-0.05, 0) is 78.5 Å². The monoisotopic (exact) mass is 574 g/mol. The van der Waals surface area contributed by atoms with Crippen LogP contribution in [0.3, 0.4) is 0 Å². The number of hydrogen-bond donors (Lipinski definition) is 0. The van der Waals surface area contributed by atoms with E-state index in [0.29, 0.717) is 0 Å². The summed E-state index contributed by atoms with van der Waals surface area (Å²) in [5.74, 6) is 1.10. The van der Waals surface area contributed by atoms with Gasteiger partial charge in [0, 0.05) is 17.4 Å². The van der Waals surface area contributed by atoms with Gasteiger partial charge in [0.15, 0.2) is 0 Å². The first-order valence-corrected chi connectivity index (χ1v) is 15.7. The van der Waals surface area contributed by atoms with Crippen molar-refractivity contribution in [3.8, 4) is 44.5 Å². The van der Waals surface area contributed by atoms with Crippen LogP contribution in [0.1, 0.15) is 17.7 Å². The second kappa shape index (κ2) is 10.5. The molecule has 0 radical (unpaired) electrons. The molecule has 0 N–H and O–H groups in total. The van der Waals surface area contributed by atoms with E-state index < -0.39 is 0 Å². The van der Waals surface area contributed by atoms with Crippen LogP contribution in [-0.4, -0.2) is 0 Å².